The van der Waals surface area contributed by atoms with E-state index in [-0.39, 0.29) is 23.9 Å². The molecular weight excluding hydrogens is 382 g/mol. The highest BCUT2D eigenvalue weighted by molar-refractivity contribution is 5.96. The van der Waals surface area contributed by atoms with Gasteiger partial charge in [0.2, 0.25) is 5.91 Å². The lowest BCUT2D eigenvalue weighted by molar-refractivity contribution is -0.153. The second-order valence-corrected chi connectivity index (χ2v) is 5.60. The van der Waals surface area contributed by atoms with E-state index in [1.54, 1.807) is 0 Å². The molecule has 28 heavy (non-hydrogen) atoms. The standard InChI is InChI=1S/C18H17F4N3O3/c1-23-17(27)11-2-5-13(6-3-11)25-16(26)9-24-14-8-12(19)4-7-15(14)28-10-18(20,21)22/h2-8,24H,9-10H2,1H3,(H,23,27)(H,25,26). The van der Waals surface area contributed by atoms with Crippen LogP contribution < -0.4 is 20.7 Å². The molecule has 0 spiro atoms. The summed E-state index contributed by atoms with van der Waals surface area (Å²) in [5.41, 5.74) is 0.728. The monoisotopic (exact) mass is 399 g/mol. The Morgan fingerprint density at radius 2 is 1.75 bits per heavy atom. The number of halogens is 4. The second kappa shape index (κ2) is 9.07. The smallest absolute Gasteiger partial charge is 0.422 e. The minimum atomic E-state index is -4.55. The summed E-state index contributed by atoms with van der Waals surface area (Å²) in [5, 5.41) is 7.54. The van der Waals surface area contributed by atoms with Crippen LogP contribution in [0.15, 0.2) is 42.5 Å². The van der Waals surface area contributed by atoms with E-state index in [1.165, 1.54) is 31.3 Å². The first-order valence-electron chi connectivity index (χ1n) is 8.03. The van der Waals surface area contributed by atoms with Crippen molar-refractivity contribution >= 4 is 23.2 Å². The molecule has 2 amide bonds. The number of nitrogens with one attached hydrogen (secondary N) is 3. The zero-order chi connectivity index (χ0) is 20.7. The molecule has 10 heteroatoms. The highest BCUT2D eigenvalue weighted by Gasteiger charge is 2.29. The van der Waals surface area contributed by atoms with Gasteiger partial charge in [0.25, 0.3) is 5.91 Å². The van der Waals surface area contributed by atoms with Gasteiger partial charge in [0, 0.05) is 24.4 Å². The molecule has 6 nitrogen and oxygen atoms in total. The molecule has 0 heterocycles. The van der Waals surface area contributed by atoms with E-state index in [4.69, 9.17) is 0 Å². The molecule has 0 radical (unpaired) electrons. The molecule has 0 aliphatic heterocycles. The number of ether oxygens (including phenoxy) is 1. The first kappa shape index (κ1) is 21.0. The van der Waals surface area contributed by atoms with E-state index in [1.807, 2.05) is 0 Å². The quantitative estimate of drug-likeness (QED) is 0.625. The third kappa shape index (κ3) is 6.45. The second-order valence-electron chi connectivity index (χ2n) is 5.60. The summed E-state index contributed by atoms with van der Waals surface area (Å²) in [7, 11) is 1.49. The molecule has 2 aromatic rings. The van der Waals surface area contributed by atoms with Gasteiger partial charge in [0.05, 0.1) is 12.2 Å². The van der Waals surface area contributed by atoms with E-state index >= 15 is 0 Å². The maximum atomic E-state index is 13.4. The van der Waals surface area contributed by atoms with Crippen LogP contribution in [0.5, 0.6) is 5.75 Å². The van der Waals surface area contributed by atoms with Crippen molar-refractivity contribution in [2.24, 2.45) is 0 Å². The minimum Gasteiger partial charge on any atom is -0.482 e. The fourth-order valence-corrected chi connectivity index (χ4v) is 2.16. The maximum Gasteiger partial charge on any atom is 0.422 e. The van der Waals surface area contributed by atoms with Gasteiger partial charge < -0.3 is 20.7 Å². The summed E-state index contributed by atoms with van der Waals surface area (Å²) in [6.07, 6.45) is -4.55. The average molecular weight is 399 g/mol. The van der Waals surface area contributed by atoms with Crippen LogP contribution in [0.3, 0.4) is 0 Å². The topological polar surface area (TPSA) is 79.5 Å². The summed E-state index contributed by atoms with van der Waals surface area (Å²) in [6, 6.07) is 8.97. The molecule has 0 saturated carbocycles. The number of carbonyl (C=O) groups excluding carboxylic acids is 2. The number of amides is 2. The number of hydrogen-bond donors (Lipinski definition) is 3. The Kier molecular flexibility index (Phi) is 6.80. The number of carbonyl (C=O) groups is 2. The molecule has 0 fully saturated rings. The predicted molar refractivity (Wildman–Crippen MR) is 94.9 cm³/mol. The molecule has 0 unspecified atom stereocenters. The number of rotatable bonds is 7. The molecule has 0 aliphatic rings. The highest BCUT2D eigenvalue weighted by atomic mass is 19.4. The lowest BCUT2D eigenvalue weighted by atomic mass is 10.2. The fraction of sp³-hybridized carbons (Fsp3) is 0.222. The lowest BCUT2D eigenvalue weighted by Crippen LogP contribution is -2.23. The molecular formula is C18H17F4N3O3. The average Bonchev–Trinajstić information content (AvgIpc) is 2.65. The predicted octanol–water partition coefficient (Wildman–Crippen LogP) is 3.18. The Bertz CT molecular complexity index is 839. The maximum absolute atomic E-state index is 13.4. The summed E-state index contributed by atoms with van der Waals surface area (Å²) in [4.78, 5) is 23.5. The molecule has 2 aromatic carbocycles. The van der Waals surface area contributed by atoms with Crippen molar-refractivity contribution in [1.29, 1.82) is 0 Å². The summed E-state index contributed by atoms with van der Waals surface area (Å²) in [5.74, 6) is -1.75. The van der Waals surface area contributed by atoms with Crippen molar-refractivity contribution in [3.05, 3.63) is 53.8 Å². The zero-order valence-electron chi connectivity index (χ0n) is 14.7. The van der Waals surface area contributed by atoms with Crippen LogP contribution in [-0.2, 0) is 4.79 Å². The summed E-state index contributed by atoms with van der Waals surface area (Å²) in [6.45, 7) is -1.89. The molecule has 150 valence electrons. The van der Waals surface area contributed by atoms with Crippen molar-refractivity contribution < 1.29 is 31.9 Å². The first-order chi connectivity index (χ1) is 13.2. The van der Waals surface area contributed by atoms with E-state index in [9.17, 15) is 27.2 Å². The summed E-state index contributed by atoms with van der Waals surface area (Å²) < 4.78 is 54.9. The number of hydrogen-bond acceptors (Lipinski definition) is 4. The highest BCUT2D eigenvalue weighted by Crippen LogP contribution is 2.27. The normalized spacial score (nSPS) is 10.9. The van der Waals surface area contributed by atoms with Gasteiger partial charge in [0.15, 0.2) is 6.61 Å². The Labute approximate surface area is 157 Å². The van der Waals surface area contributed by atoms with Crippen LogP contribution in [0.1, 0.15) is 10.4 Å². The van der Waals surface area contributed by atoms with E-state index in [0.29, 0.717) is 11.3 Å². The first-order valence-corrected chi connectivity index (χ1v) is 8.03. The Morgan fingerprint density at radius 1 is 1.07 bits per heavy atom. The van der Waals surface area contributed by atoms with Crippen molar-refractivity contribution in [2.45, 2.75) is 6.18 Å². The van der Waals surface area contributed by atoms with Crippen LogP contribution in [0.2, 0.25) is 0 Å². The molecule has 0 bridgehead atoms. The molecule has 0 atom stereocenters. The number of benzene rings is 2. The van der Waals surface area contributed by atoms with Gasteiger partial charge in [-0.1, -0.05) is 0 Å². The van der Waals surface area contributed by atoms with Crippen LogP contribution in [-0.4, -0.2) is 38.2 Å². The van der Waals surface area contributed by atoms with Gasteiger partial charge in [0.1, 0.15) is 11.6 Å². The van der Waals surface area contributed by atoms with Crippen molar-refractivity contribution in [2.75, 3.05) is 30.8 Å². The third-order valence-electron chi connectivity index (χ3n) is 3.43. The Morgan fingerprint density at radius 3 is 2.36 bits per heavy atom. The van der Waals surface area contributed by atoms with Crippen molar-refractivity contribution in [3.63, 3.8) is 0 Å². The largest absolute Gasteiger partial charge is 0.482 e. The minimum absolute atomic E-state index is 0.0886. The summed E-state index contributed by atoms with van der Waals surface area (Å²) >= 11 is 0. The lowest BCUT2D eigenvalue weighted by Gasteiger charge is -2.14. The van der Waals surface area contributed by atoms with Crippen LogP contribution >= 0.6 is 0 Å². The zero-order valence-corrected chi connectivity index (χ0v) is 14.7. The van der Waals surface area contributed by atoms with Gasteiger partial charge in [-0.25, -0.2) is 4.39 Å². The third-order valence-corrected chi connectivity index (χ3v) is 3.43. The Balaban J connectivity index is 1.96. The Hall–Kier alpha value is -3.30. The SMILES string of the molecule is CNC(=O)c1ccc(NC(=O)CNc2cc(F)ccc2OCC(F)(F)F)cc1. The van der Waals surface area contributed by atoms with Crippen LogP contribution in [0.25, 0.3) is 0 Å². The van der Waals surface area contributed by atoms with E-state index in [0.717, 1.165) is 18.2 Å². The van der Waals surface area contributed by atoms with Gasteiger partial charge in [-0.2, -0.15) is 13.2 Å². The van der Waals surface area contributed by atoms with E-state index in [2.05, 4.69) is 20.7 Å². The molecule has 3 N–H and O–H groups in total. The molecule has 0 aromatic heterocycles. The van der Waals surface area contributed by atoms with Gasteiger partial charge >= 0.3 is 6.18 Å². The van der Waals surface area contributed by atoms with Crippen molar-refractivity contribution in [3.8, 4) is 5.75 Å². The van der Waals surface area contributed by atoms with Gasteiger partial charge in [-0.3, -0.25) is 9.59 Å². The molecule has 0 saturated heterocycles. The van der Waals surface area contributed by atoms with E-state index < -0.39 is 24.5 Å². The fourth-order valence-electron chi connectivity index (χ4n) is 2.16. The number of anilines is 2. The molecule has 2 rings (SSSR count). The van der Waals surface area contributed by atoms with Gasteiger partial charge in [-0.15, -0.1) is 0 Å². The van der Waals surface area contributed by atoms with Crippen molar-refractivity contribution in [1.82, 2.24) is 5.32 Å². The van der Waals surface area contributed by atoms with Crippen LogP contribution in [0, 0.1) is 5.82 Å². The van der Waals surface area contributed by atoms with Crippen LogP contribution in [0.4, 0.5) is 28.9 Å². The number of alkyl halides is 3. The molecule has 0 aliphatic carbocycles. The van der Waals surface area contributed by atoms with Gasteiger partial charge in [-0.05, 0) is 36.4 Å².